The van der Waals surface area contributed by atoms with Gasteiger partial charge in [0.25, 0.3) is 0 Å². The zero-order chi connectivity index (χ0) is 13.3. The fourth-order valence-electron chi connectivity index (χ4n) is 1.29. The van der Waals surface area contributed by atoms with E-state index in [0.29, 0.717) is 0 Å². The van der Waals surface area contributed by atoms with Gasteiger partial charge in [0.15, 0.2) is 0 Å². The van der Waals surface area contributed by atoms with Gasteiger partial charge in [-0.25, -0.2) is 0 Å². The highest BCUT2D eigenvalue weighted by molar-refractivity contribution is 5.76. The number of aliphatic hydroxyl groups excluding tert-OH is 1. The van der Waals surface area contributed by atoms with Gasteiger partial charge in [-0.2, -0.15) is 0 Å². The number of rotatable bonds is 7. The smallest absolute Gasteiger partial charge is 0.312 e. The van der Waals surface area contributed by atoms with Crippen molar-refractivity contribution in [1.29, 1.82) is 0 Å². The summed E-state index contributed by atoms with van der Waals surface area (Å²) in [6.07, 6.45) is 3.69. The minimum Gasteiger partial charge on any atom is -0.466 e. The van der Waals surface area contributed by atoms with Crippen LogP contribution < -0.4 is 0 Å². The van der Waals surface area contributed by atoms with Gasteiger partial charge in [-0.3, -0.25) is 9.59 Å². The minimum atomic E-state index is -1.18. The molecule has 0 saturated carbocycles. The number of carbonyl (C=O) groups excluding carboxylic acids is 2. The first-order chi connectivity index (χ1) is 8.06. The van der Waals surface area contributed by atoms with Crippen LogP contribution in [0.2, 0.25) is 0 Å². The van der Waals surface area contributed by atoms with Crippen molar-refractivity contribution in [3.8, 4) is 12.3 Å². The van der Waals surface area contributed by atoms with Crippen LogP contribution in [0.3, 0.4) is 0 Å². The fraction of sp³-hybridized carbons (Fsp3) is 0.667. The molecule has 5 heteroatoms. The lowest BCUT2D eigenvalue weighted by atomic mass is 9.96. The van der Waals surface area contributed by atoms with Gasteiger partial charge in [-0.1, -0.05) is 0 Å². The molecule has 0 aromatic heterocycles. The molecule has 96 valence electrons. The highest BCUT2D eigenvalue weighted by Gasteiger charge is 2.29. The summed E-state index contributed by atoms with van der Waals surface area (Å²) in [5, 5.41) is 9.74. The Balaban J connectivity index is 4.43. The van der Waals surface area contributed by atoms with E-state index in [4.69, 9.17) is 11.2 Å². The molecule has 0 unspecified atom stereocenters. The van der Waals surface area contributed by atoms with Gasteiger partial charge in [0.05, 0.1) is 31.7 Å². The van der Waals surface area contributed by atoms with E-state index in [-0.39, 0.29) is 26.1 Å². The molecular formula is C12H18O5. The zero-order valence-electron chi connectivity index (χ0n) is 10.1. The Bertz CT molecular complexity index is 292. The van der Waals surface area contributed by atoms with Gasteiger partial charge in [0.2, 0.25) is 0 Å². The number of hydrogen-bond acceptors (Lipinski definition) is 5. The van der Waals surface area contributed by atoms with Crippen molar-refractivity contribution in [2.75, 3.05) is 13.2 Å². The van der Waals surface area contributed by atoms with Crippen molar-refractivity contribution in [3.63, 3.8) is 0 Å². The maximum absolute atomic E-state index is 11.5. The Morgan fingerprint density at radius 3 is 2.35 bits per heavy atom. The second-order valence-corrected chi connectivity index (χ2v) is 3.34. The van der Waals surface area contributed by atoms with E-state index in [9.17, 15) is 14.7 Å². The lowest BCUT2D eigenvalue weighted by molar-refractivity contribution is -0.154. The Hall–Kier alpha value is -1.54. The topological polar surface area (TPSA) is 72.8 Å². The summed E-state index contributed by atoms with van der Waals surface area (Å²) < 4.78 is 9.45. The van der Waals surface area contributed by atoms with Crippen LogP contribution in [-0.2, 0) is 19.1 Å². The van der Waals surface area contributed by atoms with Gasteiger partial charge in [-0.05, 0) is 13.8 Å². The molecule has 0 radical (unpaired) electrons. The van der Waals surface area contributed by atoms with Gasteiger partial charge >= 0.3 is 11.9 Å². The van der Waals surface area contributed by atoms with Gasteiger partial charge < -0.3 is 14.6 Å². The molecule has 0 spiro atoms. The van der Waals surface area contributed by atoms with Crippen LogP contribution >= 0.6 is 0 Å². The maximum Gasteiger partial charge on any atom is 0.312 e. The molecule has 0 fully saturated rings. The predicted molar refractivity (Wildman–Crippen MR) is 60.8 cm³/mol. The number of hydrogen-bond donors (Lipinski definition) is 1. The fourth-order valence-corrected chi connectivity index (χ4v) is 1.29. The molecule has 0 aromatic carbocycles. The molecule has 1 N–H and O–H groups in total. The van der Waals surface area contributed by atoms with Crippen LogP contribution in [0.25, 0.3) is 0 Å². The van der Waals surface area contributed by atoms with Gasteiger partial charge in [0, 0.05) is 6.42 Å². The van der Waals surface area contributed by atoms with Crippen molar-refractivity contribution in [3.05, 3.63) is 0 Å². The van der Waals surface area contributed by atoms with Gasteiger partial charge in [0.1, 0.15) is 0 Å². The van der Waals surface area contributed by atoms with Crippen LogP contribution in [0.5, 0.6) is 0 Å². The lowest BCUT2D eigenvalue weighted by Crippen LogP contribution is -2.32. The summed E-state index contributed by atoms with van der Waals surface area (Å²) in [4.78, 5) is 22.6. The Morgan fingerprint density at radius 2 is 1.88 bits per heavy atom. The molecular weight excluding hydrogens is 224 g/mol. The molecule has 0 aliphatic carbocycles. The first kappa shape index (κ1) is 15.5. The van der Waals surface area contributed by atoms with Crippen molar-refractivity contribution in [2.45, 2.75) is 32.8 Å². The average molecular weight is 242 g/mol. The van der Waals surface area contributed by atoms with E-state index >= 15 is 0 Å². The Kier molecular flexibility index (Phi) is 7.82. The van der Waals surface area contributed by atoms with Crippen molar-refractivity contribution >= 4 is 11.9 Å². The third-order valence-corrected chi connectivity index (χ3v) is 2.07. The van der Waals surface area contributed by atoms with Crippen molar-refractivity contribution in [2.24, 2.45) is 5.92 Å². The Labute approximate surface area is 101 Å². The third kappa shape index (κ3) is 5.93. The minimum absolute atomic E-state index is 0.0272. The molecule has 0 aliphatic rings. The Morgan fingerprint density at radius 1 is 1.29 bits per heavy atom. The number of ether oxygens (including phenoxy) is 2. The summed E-state index contributed by atoms with van der Waals surface area (Å²) in [7, 11) is 0. The summed E-state index contributed by atoms with van der Waals surface area (Å²) >= 11 is 0. The zero-order valence-corrected chi connectivity index (χ0v) is 10.1. The molecule has 2 atom stereocenters. The van der Waals surface area contributed by atoms with Gasteiger partial charge in [-0.15, -0.1) is 12.3 Å². The van der Waals surface area contributed by atoms with Crippen molar-refractivity contribution in [1.82, 2.24) is 0 Å². The SMILES string of the molecule is C#CC[C@H](C(=O)OCC)[C@@H](O)CC(=O)OCC. The van der Waals surface area contributed by atoms with Crippen LogP contribution in [-0.4, -0.2) is 36.4 Å². The van der Waals surface area contributed by atoms with Crippen LogP contribution in [0, 0.1) is 18.3 Å². The second kappa shape index (κ2) is 8.59. The number of esters is 2. The molecule has 0 rings (SSSR count). The first-order valence-electron chi connectivity index (χ1n) is 5.50. The third-order valence-electron chi connectivity index (χ3n) is 2.07. The number of aliphatic hydroxyl groups is 1. The number of terminal acetylenes is 1. The standard InChI is InChI=1S/C12H18O5/c1-4-7-9(12(15)17-6-3)10(13)8-11(14)16-5-2/h1,9-10,13H,5-8H2,2-3H3/t9-,10-/m0/s1. The van der Waals surface area contributed by atoms with Crippen LogP contribution in [0.15, 0.2) is 0 Å². The van der Waals surface area contributed by atoms with E-state index in [1.807, 2.05) is 0 Å². The highest BCUT2D eigenvalue weighted by Crippen LogP contribution is 2.14. The van der Waals surface area contributed by atoms with Crippen LogP contribution in [0.1, 0.15) is 26.7 Å². The van der Waals surface area contributed by atoms with Crippen LogP contribution in [0.4, 0.5) is 0 Å². The monoisotopic (exact) mass is 242 g/mol. The molecule has 0 saturated heterocycles. The molecule has 17 heavy (non-hydrogen) atoms. The molecule has 0 bridgehead atoms. The number of carbonyl (C=O) groups is 2. The van der Waals surface area contributed by atoms with E-state index in [0.717, 1.165) is 0 Å². The molecule has 5 nitrogen and oxygen atoms in total. The molecule has 0 amide bonds. The lowest BCUT2D eigenvalue weighted by Gasteiger charge is -2.18. The van der Waals surface area contributed by atoms with E-state index in [2.05, 4.69) is 10.7 Å². The summed E-state index contributed by atoms with van der Waals surface area (Å²) in [6.45, 7) is 3.74. The summed E-state index contributed by atoms with van der Waals surface area (Å²) in [6, 6.07) is 0. The van der Waals surface area contributed by atoms with Crippen molar-refractivity contribution < 1.29 is 24.2 Å². The molecule has 0 aromatic rings. The van der Waals surface area contributed by atoms with E-state index in [1.54, 1.807) is 13.8 Å². The average Bonchev–Trinajstić information content (AvgIpc) is 2.26. The summed E-state index contributed by atoms with van der Waals surface area (Å²) in [5.74, 6) is 0.237. The normalized spacial score (nSPS) is 13.3. The summed E-state index contributed by atoms with van der Waals surface area (Å²) in [5.41, 5.74) is 0. The molecule has 0 heterocycles. The largest absolute Gasteiger partial charge is 0.466 e. The maximum atomic E-state index is 11.5. The first-order valence-corrected chi connectivity index (χ1v) is 5.50. The quantitative estimate of drug-likeness (QED) is 0.520. The second-order valence-electron chi connectivity index (χ2n) is 3.34. The molecule has 0 aliphatic heterocycles. The van der Waals surface area contributed by atoms with E-state index < -0.39 is 24.0 Å². The predicted octanol–water partition coefficient (Wildman–Crippen LogP) is 0.503. The highest BCUT2D eigenvalue weighted by atomic mass is 16.5. The van der Waals surface area contributed by atoms with E-state index in [1.165, 1.54) is 0 Å².